The first-order valence-electron chi connectivity index (χ1n) is 8.26. The Bertz CT molecular complexity index is 416. The van der Waals surface area contributed by atoms with Crippen LogP contribution in [0.5, 0.6) is 0 Å². The molecule has 1 fully saturated rings. The van der Waals surface area contributed by atoms with E-state index >= 15 is 0 Å². The van der Waals surface area contributed by atoms with Crippen LogP contribution in [0.15, 0.2) is 24.3 Å². The van der Waals surface area contributed by atoms with Crippen molar-refractivity contribution < 1.29 is 0 Å². The van der Waals surface area contributed by atoms with E-state index in [1.165, 1.54) is 36.8 Å². The van der Waals surface area contributed by atoms with Crippen molar-refractivity contribution in [2.75, 3.05) is 0 Å². The van der Waals surface area contributed by atoms with Crippen molar-refractivity contribution in [1.29, 1.82) is 0 Å². The lowest BCUT2D eigenvalue weighted by molar-refractivity contribution is 0.157. The Morgan fingerprint density at radius 3 is 2.15 bits per heavy atom. The molecule has 1 aliphatic carbocycles. The summed E-state index contributed by atoms with van der Waals surface area (Å²) in [6, 6.07) is 10.2. The van der Waals surface area contributed by atoms with Crippen LogP contribution < -0.4 is 5.32 Å². The van der Waals surface area contributed by atoms with E-state index in [1.807, 2.05) is 0 Å². The lowest BCUT2D eigenvalue weighted by atomic mass is 9.73. The summed E-state index contributed by atoms with van der Waals surface area (Å²) in [6.07, 6.45) is 5.44. The Balaban J connectivity index is 2.02. The lowest BCUT2D eigenvalue weighted by Gasteiger charge is -2.41. The molecule has 20 heavy (non-hydrogen) atoms. The van der Waals surface area contributed by atoms with Crippen molar-refractivity contribution in [3.63, 3.8) is 0 Å². The molecule has 0 saturated heterocycles. The van der Waals surface area contributed by atoms with E-state index in [0.29, 0.717) is 23.4 Å². The summed E-state index contributed by atoms with van der Waals surface area (Å²) >= 11 is 0. The fourth-order valence-electron chi connectivity index (χ4n) is 3.37. The van der Waals surface area contributed by atoms with Gasteiger partial charge in [0.05, 0.1) is 0 Å². The van der Waals surface area contributed by atoms with E-state index in [1.54, 1.807) is 0 Å². The van der Waals surface area contributed by atoms with Gasteiger partial charge >= 0.3 is 0 Å². The normalized spacial score (nSPS) is 23.8. The van der Waals surface area contributed by atoms with Gasteiger partial charge in [0.2, 0.25) is 0 Å². The third kappa shape index (κ3) is 3.63. The Morgan fingerprint density at radius 2 is 1.60 bits per heavy atom. The molecule has 0 heterocycles. The lowest BCUT2D eigenvalue weighted by Crippen LogP contribution is -2.45. The molecule has 1 saturated carbocycles. The highest BCUT2D eigenvalue weighted by Gasteiger charge is 2.32. The monoisotopic (exact) mass is 273 g/mol. The van der Waals surface area contributed by atoms with Crippen LogP contribution in [0.4, 0.5) is 0 Å². The van der Waals surface area contributed by atoms with Gasteiger partial charge in [0.1, 0.15) is 0 Å². The summed E-state index contributed by atoms with van der Waals surface area (Å²) < 4.78 is 0. The molecule has 1 aliphatic rings. The third-order valence-electron chi connectivity index (χ3n) is 5.06. The fourth-order valence-corrected chi connectivity index (χ4v) is 3.37. The molecule has 112 valence electrons. The third-order valence-corrected chi connectivity index (χ3v) is 5.06. The van der Waals surface area contributed by atoms with Crippen LogP contribution in [-0.4, -0.2) is 6.04 Å². The molecule has 0 bridgehead atoms. The molecule has 0 aromatic heterocycles. The highest BCUT2D eigenvalue weighted by molar-refractivity contribution is 5.26. The molecular weight excluding hydrogens is 242 g/mol. The van der Waals surface area contributed by atoms with E-state index in [-0.39, 0.29) is 0 Å². The highest BCUT2D eigenvalue weighted by Crippen LogP contribution is 2.36. The van der Waals surface area contributed by atoms with Gasteiger partial charge in [-0.2, -0.15) is 0 Å². The van der Waals surface area contributed by atoms with Crippen molar-refractivity contribution >= 4 is 0 Å². The number of benzene rings is 1. The summed E-state index contributed by atoms with van der Waals surface area (Å²) in [4.78, 5) is 0. The zero-order chi connectivity index (χ0) is 14.8. The number of hydrogen-bond acceptors (Lipinski definition) is 1. The topological polar surface area (TPSA) is 12.0 Å². The summed E-state index contributed by atoms with van der Waals surface area (Å²) in [7, 11) is 0. The van der Waals surface area contributed by atoms with Gasteiger partial charge in [-0.1, -0.05) is 64.8 Å². The second-order valence-corrected chi connectivity index (χ2v) is 7.50. The zero-order valence-corrected chi connectivity index (χ0v) is 13.9. The first kappa shape index (κ1) is 15.6. The van der Waals surface area contributed by atoms with Crippen molar-refractivity contribution in [3.8, 4) is 0 Å². The molecule has 0 amide bonds. The predicted molar refractivity (Wildman–Crippen MR) is 88.1 cm³/mol. The second-order valence-electron chi connectivity index (χ2n) is 7.50. The highest BCUT2D eigenvalue weighted by atomic mass is 15.0. The SMILES string of the molecule is CC(C)c1ccc(C(C)NC2CCCCC2(C)C)cc1. The summed E-state index contributed by atoms with van der Waals surface area (Å²) in [5.41, 5.74) is 3.28. The maximum Gasteiger partial charge on any atom is 0.0294 e. The largest absolute Gasteiger partial charge is 0.307 e. The van der Waals surface area contributed by atoms with Gasteiger partial charge in [0.15, 0.2) is 0 Å². The predicted octanol–water partition coefficient (Wildman–Crippen LogP) is 5.43. The average molecular weight is 273 g/mol. The van der Waals surface area contributed by atoms with Crippen LogP contribution in [-0.2, 0) is 0 Å². The van der Waals surface area contributed by atoms with E-state index in [9.17, 15) is 0 Å². The summed E-state index contributed by atoms with van der Waals surface area (Å²) in [5.74, 6) is 0.615. The number of rotatable bonds is 4. The molecule has 2 atom stereocenters. The van der Waals surface area contributed by atoms with Crippen LogP contribution in [0.3, 0.4) is 0 Å². The molecule has 0 radical (unpaired) electrons. The van der Waals surface area contributed by atoms with Crippen molar-refractivity contribution in [3.05, 3.63) is 35.4 Å². The second kappa shape index (κ2) is 6.30. The quantitative estimate of drug-likeness (QED) is 0.771. The van der Waals surface area contributed by atoms with Gasteiger partial charge in [0.25, 0.3) is 0 Å². The Morgan fingerprint density at radius 1 is 1.00 bits per heavy atom. The minimum Gasteiger partial charge on any atom is -0.307 e. The fraction of sp³-hybridized carbons (Fsp3) is 0.684. The van der Waals surface area contributed by atoms with Crippen LogP contribution in [0.1, 0.15) is 83.4 Å². The Hall–Kier alpha value is -0.820. The van der Waals surface area contributed by atoms with Crippen LogP contribution in [0.25, 0.3) is 0 Å². The maximum atomic E-state index is 3.87. The van der Waals surface area contributed by atoms with E-state index < -0.39 is 0 Å². The standard InChI is InChI=1S/C19H31N/c1-14(2)16-9-11-17(12-10-16)15(3)20-18-8-6-7-13-19(18,4)5/h9-12,14-15,18,20H,6-8,13H2,1-5H3. The Labute approximate surface area is 125 Å². The van der Waals surface area contributed by atoms with Gasteiger partial charge in [-0.25, -0.2) is 0 Å². The first-order chi connectivity index (χ1) is 9.40. The minimum absolute atomic E-state index is 0.435. The number of hydrogen-bond donors (Lipinski definition) is 1. The van der Waals surface area contributed by atoms with Gasteiger partial charge in [0, 0.05) is 12.1 Å². The van der Waals surface area contributed by atoms with Crippen LogP contribution in [0.2, 0.25) is 0 Å². The van der Waals surface area contributed by atoms with E-state index in [4.69, 9.17) is 0 Å². The zero-order valence-electron chi connectivity index (χ0n) is 13.9. The van der Waals surface area contributed by atoms with Gasteiger partial charge < -0.3 is 5.32 Å². The molecule has 0 spiro atoms. The van der Waals surface area contributed by atoms with Gasteiger partial charge in [-0.05, 0) is 42.2 Å². The number of nitrogens with one attached hydrogen (secondary N) is 1. The molecule has 1 N–H and O–H groups in total. The molecule has 1 nitrogen and oxygen atoms in total. The average Bonchev–Trinajstić information content (AvgIpc) is 2.41. The summed E-state index contributed by atoms with van der Waals surface area (Å²) in [5, 5.41) is 3.87. The Kier molecular flexibility index (Phi) is 4.90. The van der Waals surface area contributed by atoms with E-state index in [2.05, 4.69) is 64.2 Å². The molecular formula is C19H31N. The van der Waals surface area contributed by atoms with Crippen molar-refractivity contribution in [1.82, 2.24) is 5.32 Å². The molecule has 2 unspecified atom stereocenters. The van der Waals surface area contributed by atoms with Crippen molar-refractivity contribution in [2.45, 2.75) is 78.3 Å². The minimum atomic E-state index is 0.435. The maximum absolute atomic E-state index is 3.87. The van der Waals surface area contributed by atoms with E-state index in [0.717, 1.165) is 0 Å². The van der Waals surface area contributed by atoms with Crippen molar-refractivity contribution in [2.24, 2.45) is 5.41 Å². The molecule has 1 aromatic rings. The van der Waals surface area contributed by atoms with Crippen LogP contribution in [0, 0.1) is 5.41 Å². The molecule has 0 aliphatic heterocycles. The molecule has 2 rings (SSSR count). The first-order valence-corrected chi connectivity index (χ1v) is 8.26. The van der Waals surface area contributed by atoms with Gasteiger partial charge in [-0.3, -0.25) is 0 Å². The summed E-state index contributed by atoms with van der Waals surface area (Å²) in [6.45, 7) is 11.6. The van der Waals surface area contributed by atoms with Gasteiger partial charge in [-0.15, -0.1) is 0 Å². The molecule has 1 aromatic carbocycles. The smallest absolute Gasteiger partial charge is 0.0294 e. The molecule has 1 heteroatoms. The van der Waals surface area contributed by atoms with Crippen LogP contribution >= 0.6 is 0 Å².